The van der Waals surface area contributed by atoms with Gasteiger partial charge in [0.05, 0.1) is 6.04 Å². The lowest BCUT2D eigenvalue weighted by Crippen LogP contribution is -2.31. The maximum Gasteiger partial charge on any atom is 0.258 e. The molecule has 0 saturated carbocycles. The third-order valence-corrected chi connectivity index (χ3v) is 4.37. The molecule has 3 nitrogen and oxygen atoms in total. The molecule has 1 amide bonds. The van der Waals surface area contributed by atoms with Gasteiger partial charge in [0, 0.05) is 0 Å². The molecule has 0 heterocycles. The minimum Gasteiger partial charge on any atom is -0.483 e. The van der Waals surface area contributed by atoms with Gasteiger partial charge in [-0.3, -0.25) is 4.79 Å². The van der Waals surface area contributed by atoms with Gasteiger partial charge in [0.2, 0.25) is 0 Å². The summed E-state index contributed by atoms with van der Waals surface area (Å²) >= 11 is 0. The fourth-order valence-electron chi connectivity index (χ4n) is 3.18. The van der Waals surface area contributed by atoms with Crippen LogP contribution in [0.15, 0.2) is 48.5 Å². The van der Waals surface area contributed by atoms with Crippen molar-refractivity contribution in [2.24, 2.45) is 0 Å². The van der Waals surface area contributed by atoms with Gasteiger partial charge in [-0.2, -0.15) is 0 Å². The third-order valence-electron chi connectivity index (χ3n) is 4.37. The van der Waals surface area contributed by atoms with Crippen LogP contribution in [0.25, 0.3) is 0 Å². The van der Waals surface area contributed by atoms with E-state index in [9.17, 15) is 4.79 Å². The lowest BCUT2D eigenvalue weighted by Gasteiger charge is -2.16. The van der Waals surface area contributed by atoms with Crippen LogP contribution in [-0.4, -0.2) is 12.5 Å². The average molecular weight is 309 g/mol. The Balaban J connectivity index is 1.59. The van der Waals surface area contributed by atoms with E-state index in [1.54, 1.807) is 0 Å². The zero-order valence-corrected chi connectivity index (χ0v) is 13.7. The van der Waals surface area contributed by atoms with Crippen LogP contribution >= 0.6 is 0 Å². The molecule has 1 aliphatic rings. The molecule has 120 valence electrons. The molecule has 0 saturated heterocycles. The average Bonchev–Trinajstić information content (AvgIpc) is 2.96. The van der Waals surface area contributed by atoms with E-state index in [1.807, 2.05) is 30.3 Å². The number of rotatable bonds is 5. The molecule has 3 rings (SSSR count). The number of benzene rings is 2. The van der Waals surface area contributed by atoms with Crippen molar-refractivity contribution in [2.45, 2.75) is 38.6 Å². The smallest absolute Gasteiger partial charge is 0.258 e. The van der Waals surface area contributed by atoms with Gasteiger partial charge in [-0.05, 0) is 41.5 Å². The second-order valence-electron chi connectivity index (χ2n) is 6.34. The van der Waals surface area contributed by atoms with Gasteiger partial charge in [0.15, 0.2) is 6.61 Å². The summed E-state index contributed by atoms with van der Waals surface area (Å²) in [6.45, 7) is 4.30. The van der Waals surface area contributed by atoms with Crippen molar-refractivity contribution in [3.63, 3.8) is 0 Å². The largest absolute Gasteiger partial charge is 0.483 e. The fraction of sp³-hybridized carbons (Fsp3) is 0.350. The minimum absolute atomic E-state index is 0.0579. The quantitative estimate of drug-likeness (QED) is 0.907. The van der Waals surface area contributed by atoms with Crippen LogP contribution in [0.3, 0.4) is 0 Å². The fourth-order valence-corrected chi connectivity index (χ4v) is 3.18. The van der Waals surface area contributed by atoms with Crippen LogP contribution in [-0.2, 0) is 11.2 Å². The first-order valence-corrected chi connectivity index (χ1v) is 8.24. The maximum absolute atomic E-state index is 12.2. The predicted molar refractivity (Wildman–Crippen MR) is 91.7 cm³/mol. The Morgan fingerprint density at radius 2 is 1.91 bits per heavy atom. The SMILES string of the molecule is CC(C)c1ccccc1OCC(=O)NC1CCc2ccccc21. The molecular formula is C20H23NO2. The Labute approximate surface area is 137 Å². The second kappa shape index (κ2) is 6.86. The van der Waals surface area contributed by atoms with Crippen molar-refractivity contribution in [1.29, 1.82) is 0 Å². The van der Waals surface area contributed by atoms with E-state index in [1.165, 1.54) is 11.1 Å². The van der Waals surface area contributed by atoms with E-state index in [0.29, 0.717) is 5.92 Å². The number of hydrogen-bond donors (Lipinski definition) is 1. The highest BCUT2D eigenvalue weighted by atomic mass is 16.5. The van der Waals surface area contributed by atoms with E-state index >= 15 is 0 Å². The molecule has 0 bridgehead atoms. The summed E-state index contributed by atoms with van der Waals surface area (Å²) in [5, 5.41) is 3.09. The third kappa shape index (κ3) is 3.55. The number of para-hydroxylation sites is 1. The minimum atomic E-state index is -0.0646. The van der Waals surface area contributed by atoms with Crippen LogP contribution in [0, 0.1) is 0 Å². The lowest BCUT2D eigenvalue weighted by atomic mass is 10.0. The molecule has 1 aliphatic carbocycles. The standard InChI is InChI=1S/C20H23NO2/c1-14(2)16-8-5-6-10-19(16)23-13-20(22)21-18-12-11-15-7-3-4-9-17(15)18/h3-10,14,18H,11-13H2,1-2H3,(H,21,22). The molecule has 1 N–H and O–H groups in total. The van der Waals surface area contributed by atoms with E-state index in [-0.39, 0.29) is 18.6 Å². The summed E-state index contributed by atoms with van der Waals surface area (Å²) in [4.78, 5) is 12.2. The number of carbonyl (C=O) groups excluding carboxylic acids is 1. The number of carbonyl (C=O) groups is 1. The number of aryl methyl sites for hydroxylation is 1. The van der Waals surface area contributed by atoms with Crippen molar-refractivity contribution in [3.05, 3.63) is 65.2 Å². The zero-order valence-electron chi connectivity index (χ0n) is 13.7. The van der Waals surface area contributed by atoms with Gasteiger partial charge >= 0.3 is 0 Å². The highest BCUT2D eigenvalue weighted by molar-refractivity contribution is 5.78. The van der Waals surface area contributed by atoms with E-state index in [2.05, 4.69) is 37.4 Å². The Kier molecular flexibility index (Phi) is 4.65. The number of ether oxygens (including phenoxy) is 1. The van der Waals surface area contributed by atoms with Gasteiger partial charge < -0.3 is 10.1 Å². The Morgan fingerprint density at radius 1 is 1.17 bits per heavy atom. The van der Waals surface area contributed by atoms with E-state index < -0.39 is 0 Å². The molecule has 0 fully saturated rings. The lowest BCUT2D eigenvalue weighted by molar-refractivity contribution is -0.123. The molecule has 0 aromatic heterocycles. The molecule has 2 aromatic carbocycles. The number of hydrogen-bond acceptors (Lipinski definition) is 2. The summed E-state index contributed by atoms with van der Waals surface area (Å²) in [5.74, 6) is 1.10. The van der Waals surface area contributed by atoms with Crippen LogP contribution in [0.5, 0.6) is 5.75 Å². The maximum atomic E-state index is 12.2. The molecule has 1 atom stereocenters. The van der Waals surface area contributed by atoms with Gasteiger partial charge in [0.1, 0.15) is 5.75 Å². The van der Waals surface area contributed by atoms with Gasteiger partial charge in [-0.15, -0.1) is 0 Å². The monoisotopic (exact) mass is 309 g/mol. The summed E-state index contributed by atoms with van der Waals surface area (Å²) in [6, 6.07) is 16.3. The van der Waals surface area contributed by atoms with Gasteiger partial charge in [0.25, 0.3) is 5.91 Å². The number of amides is 1. The van der Waals surface area contributed by atoms with Crippen molar-refractivity contribution >= 4 is 5.91 Å². The normalized spacial score (nSPS) is 16.2. The first-order chi connectivity index (χ1) is 11.1. The highest BCUT2D eigenvalue weighted by Gasteiger charge is 2.23. The second-order valence-corrected chi connectivity index (χ2v) is 6.34. The molecule has 3 heteroatoms. The van der Waals surface area contributed by atoms with Crippen LogP contribution in [0.4, 0.5) is 0 Å². The van der Waals surface area contributed by atoms with Crippen molar-refractivity contribution in [3.8, 4) is 5.75 Å². The Morgan fingerprint density at radius 3 is 2.74 bits per heavy atom. The zero-order chi connectivity index (χ0) is 16.2. The van der Waals surface area contributed by atoms with Gasteiger partial charge in [-0.25, -0.2) is 0 Å². The topological polar surface area (TPSA) is 38.3 Å². The number of nitrogens with one attached hydrogen (secondary N) is 1. The van der Waals surface area contributed by atoms with Crippen molar-refractivity contribution < 1.29 is 9.53 Å². The number of fused-ring (bicyclic) bond motifs is 1. The van der Waals surface area contributed by atoms with Gasteiger partial charge in [-0.1, -0.05) is 56.3 Å². The molecule has 0 aliphatic heterocycles. The summed E-state index contributed by atoms with van der Waals surface area (Å²) in [6.07, 6.45) is 1.99. The van der Waals surface area contributed by atoms with Crippen LogP contribution in [0.1, 0.15) is 48.9 Å². The first kappa shape index (κ1) is 15.6. The van der Waals surface area contributed by atoms with E-state index in [4.69, 9.17) is 4.74 Å². The summed E-state index contributed by atoms with van der Waals surface area (Å²) < 4.78 is 5.75. The molecular weight excluding hydrogens is 286 g/mol. The van der Waals surface area contributed by atoms with E-state index in [0.717, 1.165) is 24.2 Å². The van der Waals surface area contributed by atoms with Crippen molar-refractivity contribution in [2.75, 3.05) is 6.61 Å². The van der Waals surface area contributed by atoms with Crippen molar-refractivity contribution in [1.82, 2.24) is 5.32 Å². The predicted octanol–water partition coefficient (Wildman–Crippen LogP) is 3.99. The van der Waals surface area contributed by atoms with Crippen LogP contribution in [0.2, 0.25) is 0 Å². The Hall–Kier alpha value is -2.29. The van der Waals surface area contributed by atoms with Crippen LogP contribution < -0.4 is 10.1 Å². The molecule has 23 heavy (non-hydrogen) atoms. The highest BCUT2D eigenvalue weighted by Crippen LogP contribution is 2.30. The molecule has 0 spiro atoms. The summed E-state index contributed by atoms with van der Waals surface area (Å²) in [7, 11) is 0. The molecule has 0 radical (unpaired) electrons. The first-order valence-electron chi connectivity index (χ1n) is 8.24. The molecule has 2 aromatic rings. The Bertz CT molecular complexity index is 694. The molecule has 1 unspecified atom stereocenters. The summed E-state index contributed by atoms with van der Waals surface area (Å²) in [5.41, 5.74) is 3.71.